The van der Waals surface area contributed by atoms with E-state index in [1.807, 2.05) is 24.3 Å². The highest BCUT2D eigenvalue weighted by Crippen LogP contribution is 2.61. The number of methoxy groups -OCH3 is 1. The summed E-state index contributed by atoms with van der Waals surface area (Å²) < 4.78 is 5.23. The summed E-state index contributed by atoms with van der Waals surface area (Å²) in [6, 6.07) is 14.5. The van der Waals surface area contributed by atoms with Crippen LogP contribution in [-0.4, -0.2) is 48.9 Å². The molecule has 3 amide bonds. The maximum Gasteiger partial charge on any atom is 0.253 e. The first-order valence-electron chi connectivity index (χ1n) is 11.4. The van der Waals surface area contributed by atoms with E-state index in [1.165, 1.54) is 4.90 Å². The average Bonchev–Trinajstić information content (AvgIpc) is 3.53. The van der Waals surface area contributed by atoms with E-state index in [0.29, 0.717) is 24.5 Å². The zero-order valence-electron chi connectivity index (χ0n) is 18.4. The van der Waals surface area contributed by atoms with E-state index < -0.39 is 17.4 Å². The van der Waals surface area contributed by atoms with Gasteiger partial charge in [0.05, 0.1) is 24.6 Å². The topological polar surface area (TPSA) is 70.2 Å². The molecular formula is C26H25N3O4. The number of hydrogen-bond acceptors (Lipinski definition) is 5. The summed E-state index contributed by atoms with van der Waals surface area (Å²) in [5.41, 5.74) is 0.992. The normalized spacial score (nSPS) is 30.2. The molecule has 4 heterocycles. The van der Waals surface area contributed by atoms with Gasteiger partial charge in [0.15, 0.2) is 0 Å². The molecule has 1 spiro atoms. The molecule has 4 aliphatic rings. The van der Waals surface area contributed by atoms with Crippen molar-refractivity contribution in [3.8, 4) is 5.75 Å². The van der Waals surface area contributed by atoms with Crippen LogP contribution in [0.15, 0.2) is 61.2 Å². The molecule has 6 rings (SSSR count). The Balaban J connectivity index is 1.53. The second-order valence-corrected chi connectivity index (χ2v) is 9.10. The molecule has 2 aromatic rings. The van der Waals surface area contributed by atoms with Crippen molar-refractivity contribution < 1.29 is 19.1 Å². The highest BCUT2D eigenvalue weighted by Gasteiger charge is 2.75. The number of anilines is 2. The Morgan fingerprint density at radius 3 is 2.58 bits per heavy atom. The smallest absolute Gasteiger partial charge is 0.253 e. The van der Waals surface area contributed by atoms with Crippen LogP contribution in [0.2, 0.25) is 0 Å². The van der Waals surface area contributed by atoms with Crippen molar-refractivity contribution in [2.75, 3.05) is 30.0 Å². The van der Waals surface area contributed by atoms with Crippen LogP contribution in [0.4, 0.5) is 11.4 Å². The highest BCUT2D eigenvalue weighted by molar-refractivity contribution is 6.26. The van der Waals surface area contributed by atoms with E-state index in [1.54, 1.807) is 42.4 Å². The van der Waals surface area contributed by atoms with E-state index in [9.17, 15) is 14.4 Å². The summed E-state index contributed by atoms with van der Waals surface area (Å²) in [5, 5.41) is 0. The van der Waals surface area contributed by atoms with Crippen molar-refractivity contribution >= 4 is 29.1 Å². The van der Waals surface area contributed by atoms with Gasteiger partial charge in [-0.15, -0.1) is 6.58 Å². The lowest BCUT2D eigenvalue weighted by Crippen LogP contribution is -2.56. The maximum absolute atomic E-state index is 14.2. The zero-order valence-corrected chi connectivity index (χ0v) is 18.4. The molecule has 3 fully saturated rings. The second-order valence-electron chi connectivity index (χ2n) is 9.10. The maximum atomic E-state index is 14.2. The molecule has 3 saturated heterocycles. The molecule has 2 aromatic carbocycles. The van der Waals surface area contributed by atoms with Crippen LogP contribution < -0.4 is 14.5 Å². The molecule has 0 radical (unpaired) electrons. The van der Waals surface area contributed by atoms with Crippen molar-refractivity contribution in [1.29, 1.82) is 0 Å². The fourth-order valence-corrected chi connectivity index (χ4v) is 6.64. The van der Waals surface area contributed by atoms with E-state index in [2.05, 4.69) is 11.5 Å². The summed E-state index contributed by atoms with van der Waals surface area (Å²) >= 11 is 0. The lowest BCUT2D eigenvalue weighted by molar-refractivity contribution is -0.137. The number of fused-ring (bicyclic) bond motifs is 7. The number of carbonyl (C=O) groups excluding carboxylic acids is 3. The molecule has 7 nitrogen and oxygen atoms in total. The molecule has 0 saturated carbocycles. The van der Waals surface area contributed by atoms with Crippen LogP contribution in [0.5, 0.6) is 5.75 Å². The number of nitrogens with zero attached hydrogens (tertiary/aromatic N) is 3. The third-order valence-corrected chi connectivity index (χ3v) is 7.79. The third kappa shape index (κ3) is 2.35. The molecule has 0 N–H and O–H groups in total. The summed E-state index contributed by atoms with van der Waals surface area (Å²) in [6.45, 7) is 4.88. The number of benzene rings is 2. The predicted molar refractivity (Wildman–Crippen MR) is 123 cm³/mol. The van der Waals surface area contributed by atoms with Crippen molar-refractivity contribution in [3.05, 3.63) is 66.7 Å². The number of amides is 3. The number of hydrogen-bond donors (Lipinski definition) is 0. The first-order valence-corrected chi connectivity index (χ1v) is 11.4. The molecule has 0 aliphatic carbocycles. The number of ether oxygens (including phenoxy) is 1. The van der Waals surface area contributed by atoms with Gasteiger partial charge in [-0.25, -0.2) is 4.90 Å². The summed E-state index contributed by atoms with van der Waals surface area (Å²) in [5.74, 6) is -1.27. The van der Waals surface area contributed by atoms with Gasteiger partial charge in [0.25, 0.3) is 5.91 Å². The standard InChI is InChI=1S/C26H25N3O4/c1-3-14-27-19-8-5-4-7-18(19)26(25(27)32)22-21(20-9-6-15-28(20)26)23(30)29(24(22)31)16-10-12-17(33-2)13-11-16/h3-5,7-8,10-13,20-22H,1,6,9,14-15H2,2H3/t20-,21+,22+,26-/m1/s1. The molecule has 4 aliphatic heterocycles. The van der Waals surface area contributed by atoms with E-state index >= 15 is 0 Å². The zero-order chi connectivity index (χ0) is 22.9. The van der Waals surface area contributed by atoms with Gasteiger partial charge in [0.1, 0.15) is 11.3 Å². The Labute approximate surface area is 192 Å². The fourth-order valence-electron chi connectivity index (χ4n) is 6.64. The molecule has 4 atom stereocenters. The Hall–Kier alpha value is -3.45. The molecule has 168 valence electrons. The Morgan fingerprint density at radius 1 is 1.09 bits per heavy atom. The average molecular weight is 444 g/mol. The molecule has 7 heteroatoms. The van der Waals surface area contributed by atoms with Gasteiger partial charge in [-0.1, -0.05) is 24.3 Å². The van der Waals surface area contributed by atoms with Crippen molar-refractivity contribution in [2.24, 2.45) is 11.8 Å². The number of imide groups is 1. The van der Waals surface area contributed by atoms with Crippen LogP contribution >= 0.6 is 0 Å². The molecular weight excluding hydrogens is 418 g/mol. The van der Waals surface area contributed by atoms with Crippen LogP contribution in [0, 0.1) is 11.8 Å². The molecule has 0 bridgehead atoms. The van der Waals surface area contributed by atoms with Gasteiger partial charge in [0, 0.05) is 23.8 Å². The first-order chi connectivity index (χ1) is 16.1. The summed E-state index contributed by atoms with van der Waals surface area (Å²) in [7, 11) is 1.57. The van der Waals surface area contributed by atoms with Gasteiger partial charge in [-0.05, 0) is 49.7 Å². The number of para-hydroxylation sites is 1. The summed E-state index contributed by atoms with van der Waals surface area (Å²) in [6.07, 6.45) is 3.40. The number of rotatable bonds is 4. The number of carbonyl (C=O) groups is 3. The van der Waals surface area contributed by atoms with Crippen LogP contribution in [0.3, 0.4) is 0 Å². The van der Waals surface area contributed by atoms with Crippen molar-refractivity contribution in [2.45, 2.75) is 24.4 Å². The minimum Gasteiger partial charge on any atom is -0.497 e. The third-order valence-electron chi connectivity index (χ3n) is 7.79. The van der Waals surface area contributed by atoms with Crippen LogP contribution in [0.1, 0.15) is 18.4 Å². The highest BCUT2D eigenvalue weighted by atomic mass is 16.5. The predicted octanol–water partition coefficient (Wildman–Crippen LogP) is 2.71. The Kier molecular flexibility index (Phi) is 4.29. The van der Waals surface area contributed by atoms with Gasteiger partial charge in [0.2, 0.25) is 11.8 Å². The van der Waals surface area contributed by atoms with Gasteiger partial charge >= 0.3 is 0 Å². The monoisotopic (exact) mass is 443 g/mol. The lowest BCUT2D eigenvalue weighted by atomic mass is 9.75. The quantitative estimate of drug-likeness (QED) is 0.537. The minimum absolute atomic E-state index is 0.124. The van der Waals surface area contributed by atoms with Crippen molar-refractivity contribution in [1.82, 2.24) is 4.90 Å². The van der Waals surface area contributed by atoms with E-state index in [-0.39, 0.29) is 23.8 Å². The largest absolute Gasteiger partial charge is 0.497 e. The van der Waals surface area contributed by atoms with E-state index in [4.69, 9.17) is 4.74 Å². The fraction of sp³-hybridized carbons (Fsp3) is 0.346. The second kappa shape index (κ2) is 7.02. The Morgan fingerprint density at radius 2 is 1.85 bits per heavy atom. The SMILES string of the molecule is C=CCN1C(=O)[C@@]2(c3ccccc31)[C@@H]1C(=O)N(c3ccc(OC)cc3)C(=O)[C@H]1[C@H]1CCCN12. The Bertz CT molecular complexity index is 1190. The minimum atomic E-state index is -1.15. The summed E-state index contributed by atoms with van der Waals surface area (Å²) in [4.78, 5) is 47.1. The van der Waals surface area contributed by atoms with Crippen molar-refractivity contribution in [3.63, 3.8) is 0 Å². The van der Waals surface area contributed by atoms with Crippen LogP contribution in [-0.2, 0) is 19.9 Å². The van der Waals surface area contributed by atoms with Gasteiger partial charge in [-0.3, -0.25) is 19.3 Å². The molecule has 0 unspecified atom stereocenters. The van der Waals surface area contributed by atoms with Gasteiger partial charge < -0.3 is 9.64 Å². The van der Waals surface area contributed by atoms with Gasteiger partial charge in [-0.2, -0.15) is 0 Å². The van der Waals surface area contributed by atoms with E-state index in [0.717, 1.165) is 24.1 Å². The van der Waals surface area contributed by atoms with Crippen LogP contribution in [0.25, 0.3) is 0 Å². The molecule has 0 aromatic heterocycles. The molecule has 33 heavy (non-hydrogen) atoms. The lowest BCUT2D eigenvalue weighted by Gasteiger charge is -2.37. The first kappa shape index (κ1) is 20.2.